The highest BCUT2D eigenvalue weighted by atomic mass is 35.5. The zero-order valence-corrected chi connectivity index (χ0v) is 12.4. The molecule has 0 bridgehead atoms. The Bertz CT molecular complexity index is 416. The Labute approximate surface area is 119 Å². The van der Waals surface area contributed by atoms with Crippen molar-refractivity contribution in [3.05, 3.63) is 11.8 Å². The summed E-state index contributed by atoms with van der Waals surface area (Å²) in [5.74, 6) is 2.09. The molecule has 0 radical (unpaired) electrons. The first-order valence-electron chi connectivity index (χ1n) is 6.66. The van der Waals surface area contributed by atoms with Crippen LogP contribution in [0.25, 0.3) is 0 Å². The molecule has 1 aromatic rings. The van der Waals surface area contributed by atoms with Crippen molar-refractivity contribution < 1.29 is 4.74 Å². The van der Waals surface area contributed by atoms with Gasteiger partial charge in [-0.2, -0.15) is 4.98 Å². The number of rotatable bonds is 4. The second-order valence-electron chi connectivity index (χ2n) is 4.72. The fourth-order valence-electron chi connectivity index (χ4n) is 2.28. The van der Waals surface area contributed by atoms with Gasteiger partial charge in [0.05, 0.1) is 7.11 Å². The summed E-state index contributed by atoms with van der Waals surface area (Å²) in [4.78, 5) is 13.6. The Morgan fingerprint density at radius 3 is 2.84 bits per heavy atom. The van der Waals surface area contributed by atoms with Gasteiger partial charge in [0.25, 0.3) is 0 Å². The number of aryl methyl sites for hydroxylation is 1. The maximum absolute atomic E-state index is 5.81. The molecule has 106 valence electrons. The van der Waals surface area contributed by atoms with Crippen molar-refractivity contribution >= 4 is 17.5 Å². The third-order valence-corrected chi connectivity index (χ3v) is 3.47. The van der Waals surface area contributed by atoms with E-state index in [0.717, 1.165) is 50.8 Å². The van der Waals surface area contributed by atoms with Gasteiger partial charge in [-0.1, -0.05) is 0 Å². The van der Waals surface area contributed by atoms with E-state index < -0.39 is 0 Å². The predicted molar refractivity (Wildman–Crippen MR) is 77.3 cm³/mol. The minimum absolute atomic E-state index is 0.629. The summed E-state index contributed by atoms with van der Waals surface area (Å²) < 4.78 is 5.21. The van der Waals surface area contributed by atoms with Crippen molar-refractivity contribution in [1.82, 2.24) is 14.9 Å². The molecule has 1 aliphatic rings. The maximum atomic E-state index is 5.81. The quantitative estimate of drug-likeness (QED) is 0.785. The summed E-state index contributed by atoms with van der Waals surface area (Å²) in [7, 11) is 1.64. The van der Waals surface area contributed by atoms with Gasteiger partial charge in [0, 0.05) is 43.8 Å². The van der Waals surface area contributed by atoms with Crippen molar-refractivity contribution in [2.75, 3.05) is 50.6 Å². The SMILES string of the molecule is COc1cc(C)nc(N2CCCN(CCCl)CC2)n1. The Morgan fingerprint density at radius 1 is 1.26 bits per heavy atom. The van der Waals surface area contributed by atoms with Crippen LogP contribution < -0.4 is 9.64 Å². The van der Waals surface area contributed by atoms with E-state index in [1.54, 1.807) is 7.11 Å². The van der Waals surface area contributed by atoms with E-state index in [4.69, 9.17) is 16.3 Å². The number of nitrogens with zero attached hydrogens (tertiary/aromatic N) is 4. The molecule has 0 N–H and O–H groups in total. The van der Waals surface area contributed by atoms with Crippen molar-refractivity contribution in [3.8, 4) is 5.88 Å². The lowest BCUT2D eigenvalue weighted by Gasteiger charge is -2.21. The van der Waals surface area contributed by atoms with Gasteiger partial charge in [-0.3, -0.25) is 0 Å². The summed E-state index contributed by atoms with van der Waals surface area (Å²) >= 11 is 5.81. The van der Waals surface area contributed by atoms with Gasteiger partial charge < -0.3 is 14.5 Å². The normalized spacial score (nSPS) is 17.3. The molecule has 1 aliphatic heterocycles. The van der Waals surface area contributed by atoms with Gasteiger partial charge in [0.15, 0.2) is 0 Å². The van der Waals surface area contributed by atoms with E-state index in [2.05, 4.69) is 19.8 Å². The molecule has 0 aliphatic carbocycles. The number of methoxy groups -OCH3 is 1. The largest absolute Gasteiger partial charge is 0.481 e. The van der Waals surface area contributed by atoms with Gasteiger partial charge >= 0.3 is 0 Å². The lowest BCUT2D eigenvalue weighted by atomic mass is 10.4. The fraction of sp³-hybridized carbons (Fsp3) is 0.692. The summed E-state index contributed by atoms with van der Waals surface area (Å²) in [5, 5.41) is 0. The minimum Gasteiger partial charge on any atom is -0.481 e. The van der Waals surface area contributed by atoms with Crippen LogP contribution in [0.1, 0.15) is 12.1 Å². The van der Waals surface area contributed by atoms with Crippen molar-refractivity contribution in [1.29, 1.82) is 0 Å². The van der Waals surface area contributed by atoms with Crippen LogP contribution >= 0.6 is 11.6 Å². The zero-order valence-electron chi connectivity index (χ0n) is 11.6. The molecule has 0 amide bonds. The molecule has 1 fully saturated rings. The van der Waals surface area contributed by atoms with Crippen LogP contribution in [-0.4, -0.2) is 60.6 Å². The fourth-order valence-corrected chi connectivity index (χ4v) is 2.52. The molecular weight excluding hydrogens is 264 g/mol. The zero-order chi connectivity index (χ0) is 13.7. The second kappa shape index (κ2) is 6.91. The Morgan fingerprint density at radius 2 is 2.11 bits per heavy atom. The van der Waals surface area contributed by atoms with Crippen LogP contribution in [0.2, 0.25) is 0 Å². The summed E-state index contributed by atoms with van der Waals surface area (Å²) in [6, 6.07) is 1.85. The van der Waals surface area contributed by atoms with Crippen molar-refractivity contribution in [3.63, 3.8) is 0 Å². The van der Waals surface area contributed by atoms with Crippen LogP contribution in [0, 0.1) is 6.92 Å². The summed E-state index contributed by atoms with van der Waals surface area (Å²) in [5.41, 5.74) is 0.934. The smallest absolute Gasteiger partial charge is 0.228 e. The lowest BCUT2D eigenvalue weighted by Crippen LogP contribution is -2.32. The number of halogens is 1. The lowest BCUT2D eigenvalue weighted by molar-refractivity contribution is 0.311. The molecule has 19 heavy (non-hydrogen) atoms. The Kier molecular flexibility index (Phi) is 5.22. The standard InChI is InChI=1S/C13H21ClN4O/c1-11-10-12(19-2)16-13(15-11)18-6-3-5-17(7-4-14)8-9-18/h10H,3-9H2,1-2H3. The highest BCUT2D eigenvalue weighted by Gasteiger charge is 2.17. The van der Waals surface area contributed by atoms with E-state index in [1.165, 1.54) is 0 Å². The number of aromatic nitrogens is 2. The first kappa shape index (κ1) is 14.3. The minimum atomic E-state index is 0.629. The predicted octanol–water partition coefficient (Wildman–Crippen LogP) is 1.54. The maximum Gasteiger partial charge on any atom is 0.228 e. The number of alkyl halides is 1. The number of hydrogen-bond acceptors (Lipinski definition) is 5. The molecule has 6 heteroatoms. The second-order valence-corrected chi connectivity index (χ2v) is 5.10. The van der Waals surface area contributed by atoms with E-state index in [0.29, 0.717) is 11.8 Å². The first-order valence-corrected chi connectivity index (χ1v) is 7.19. The molecule has 5 nitrogen and oxygen atoms in total. The molecule has 2 heterocycles. The van der Waals surface area contributed by atoms with Gasteiger partial charge in [0.1, 0.15) is 0 Å². The Hall–Kier alpha value is -1.07. The van der Waals surface area contributed by atoms with Crippen molar-refractivity contribution in [2.24, 2.45) is 0 Å². The van der Waals surface area contributed by atoms with E-state index >= 15 is 0 Å². The molecule has 0 unspecified atom stereocenters. The molecular formula is C13H21ClN4O. The first-order chi connectivity index (χ1) is 9.22. The highest BCUT2D eigenvalue weighted by Crippen LogP contribution is 2.16. The molecule has 1 aromatic heterocycles. The molecule has 0 atom stereocenters. The summed E-state index contributed by atoms with van der Waals surface area (Å²) in [6.45, 7) is 6.92. The molecule has 1 saturated heterocycles. The molecule has 0 aromatic carbocycles. The van der Waals surface area contributed by atoms with Gasteiger partial charge in [-0.05, 0) is 19.9 Å². The van der Waals surface area contributed by atoms with E-state index in [-0.39, 0.29) is 0 Å². The monoisotopic (exact) mass is 284 g/mol. The van der Waals surface area contributed by atoms with Crippen LogP contribution in [0.5, 0.6) is 5.88 Å². The third-order valence-electron chi connectivity index (χ3n) is 3.30. The molecule has 2 rings (SSSR count). The topological polar surface area (TPSA) is 41.5 Å². The van der Waals surface area contributed by atoms with Gasteiger partial charge in [-0.25, -0.2) is 4.98 Å². The van der Waals surface area contributed by atoms with E-state index in [1.807, 2.05) is 13.0 Å². The highest BCUT2D eigenvalue weighted by molar-refractivity contribution is 6.18. The third kappa shape index (κ3) is 3.94. The van der Waals surface area contributed by atoms with Crippen LogP contribution in [0.3, 0.4) is 0 Å². The number of ether oxygens (including phenoxy) is 1. The average Bonchev–Trinajstić information content (AvgIpc) is 2.64. The average molecular weight is 285 g/mol. The van der Waals surface area contributed by atoms with Crippen LogP contribution in [-0.2, 0) is 0 Å². The summed E-state index contributed by atoms with van der Waals surface area (Å²) in [6.07, 6.45) is 1.11. The van der Waals surface area contributed by atoms with Crippen LogP contribution in [0.15, 0.2) is 6.07 Å². The molecule has 0 saturated carbocycles. The van der Waals surface area contributed by atoms with Gasteiger partial charge in [0.2, 0.25) is 11.8 Å². The van der Waals surface area contributed by atoms with Crippen LogP contribution in [0.4, 0.5) is 5.95 Å². The number of hydrogen-bond donors (Lipinski definition) is 0. The molecule has 0 spiro atoms. The van der Waals surface area contributed by atoms with Crippen molar-refractivity contribution in [2.45, 2.75) is 13.3 Å². The Balaban J connectivity index is 2.07. The van der Waals surface area contributed by atoms with E-state index in [9.17, 15) is 0 Å². The number of anilines is 1. The van der Waals surface area contributed by atoms with Gasteiger partial charge in [-0.15, -0.1) is 11.6 Å².